The fourth-order valence-corrected chi connectivity index (χ4v) is 11.2. The summed E-state index contributed by atoms with van der Waals surface area (Å²) in [4.78, 5) is 24.5. The molecule has 0 saturated carbocycles. The third kappa shape index (κ3) is 61.8. The van der Waals surface area contributed by atoms with Crippen LogP contribution >= 0.6 is 0 Å². The molecule has 0 heterocycles. The maximum Gasteiger partial charge on any atom is 0.305 e. The lowest BCUT2D eigenvalue weighted by Crippen LogP contribution is -2.45. The van der Waals surface area contributed by atoms with Crippen molar-refractivity contribution in [3.63, 3.8) is 0 Å². The molecule has 6 nitrogen and oxygen atoms in total. The first-order valence-corrected chi connectivity index (χ1v) is 35.0. The van der Waals surface area contributed by atoms with Gasteiger partial charge in [-0.15, -0.1) is 0 Å². The minimum absolute atomic E-state index is 0.0251. The fraction of sp³-hybridized carbons (Fsp3) is 0.943. The van der Waals surface area contributed by atoms with E-state index in [4.69, 9.17) is 4.74 Å². The van der Waals surface area contributed by atoms with Crippen molar-refractivity contribution in [2.45, 2.75) is 411 Å². The minimum Gasteiger partial charge on any atom is -0.466 e. The van der Waals surface area contributed by atoms with Crippen molar-refractivity contribution in [1.82, 2.24) is 5.32 Å². The molecular formula is C70H137NO5. The van der Waals surface area contributed by atoms with Gasteiger partial charge in [0, 0.05) is 12.8 Å². The van der Waals surface area contributed by atoms with Crippen molar-refractivity contribution < 1.29 is 24.5 Å². The Balaban J connectivity index is 3.29. The molecule has 0 aliphatic heterocycles. The second-order valence-electron chi connectivity index (χ2n) is 24.2. The fourth-order valence-electron chi connectivity index (χ4n) is 11.2. The molecule has 0 bridgehead atoms. The number of unbranched alkanes of at least 4 members (excludes halogenated alkanes) is 55. The maximum atomic E-state index is 12.4. The first-order chi connectivity index (χ1) is 37.5. The number of esters is 1. The van der Waals surface area contributed by atoms with E-state index in [9.17, 15) is 19.8 Å². The number of hydrogen-bond donors (Lipinski definition) is 3. The van der Waals surface area contributed by atoms with E-state index in [1.54, 1.807) is 6.08 Å². The van der Waals surface area contributed by atoms with Crippen LogP contribution in [-0.2, 0) is 14.3 Å². The van der Waals surface area contributed by atoms with Crippen molar-refractivity contribution in [1.29, 1.82) is 0 Å². The highest BCUT2D eigenvalue weighted by Gasteiger charge is 2.18. The van der Waals surface area contributed by atoms with Gasteiger partial charge >= 0.3 is 5.97 Å². The zero-order valence-electron chi connectivity index (χ0n) is 51.8. The normalized spacial score (nSPS) is 12.5. The van der Waals surface area contributed by atoms with Crippen LogP contribution in [-0.4, -0.2) is 47.4 Å². The van der Waals surface area contributed by atoms with Crippen LogP contribution < -0.4 is 5.32 Å². The Bertz CT molecular complexity index is 1140. The van der Waals surface area contributed by atoms with E-state index < -0.39 is 12.1 Å². The Kier molecular flexibility index (Phi) is 64.9. The molecule has 0 aliphatic rings. The van der Waals surface area contributed by atoms with Gasteiger partial charge in [-0.05, 0) is 32.1 Å². The molecule has 0 fully saturated rings. The molecule has 0 rings (SSSR count). The predicted molar refractivity (Wildman–Crippen MR) is 333 cm³/mol. The molecule has 0 aromatic rings. The summed E-state index contributed by atoms with van der Waals surface area (Å²) in [6.07, 6.45) is 81.6. The lowest BCUT2D eigenvalue weighted by Gasteiger charge is -2.20. The smallest absolute Gasteiger partial charge is 0.305 e. The van der Waals surface area contributed by atoms with Gasteiger partial charge in [-0.1, -0.05) is 366 Å². The molecule has 0 aliphatic carbocycles. The van der Waals surface area contributed by atoms with E-state index in [2.05, 4.69) is 19.2 Å². The highest BCUT2D eigenvalue weighted by Crippen LogP contribution is 2.19. The summed E-state index contributed by atoms with van der Waals surface area (Å²) in [6.45, 7) is 4.93. The van der Waals surface area contributed by atoms with Crippen LogP contribution in [0.25, 0.3) is 0 Å². The molecule has 0 spiro atoms. The van der Waals surface area contributed by atoms with E-state index in [1.165, 1.54) is 334 Å². The highest BCUT2D eigenvalue weighted by atomic mass is 16.5. The zero-order chi connectivity index (χ0) is 55.0. The molecule has 452 valence electrons. The van der Waals surface area contributed by atoms with Gasteiger partial charge in [0.15, 0.2) is 0 Å². The lowest BCUT2D eigenvalue weighted by atomic mass is 10.0. The Morgan fingerprint density at radius 2 is 0.605 bits per heavy atom. The summed E-state index contributed by atoms with van der Waals surface area (Å²) < 4.78 is 5.51. The summed E-state index contributed by atoms with van der Waals surface area (Å²) in [5, 5.41) is 23.1. The van der Waals surface area contributed by atoms with Gasteiger partial charge in [-0.2, -0.15) is 0 Å². The number of amides is 1. The number of aliphatic hydroxyl groups is 2. The van der Waals surface area contributed by atoms with Gasteiger partial charge in [0.2, 0.25) is 5.91 Å². The second kappa shape index (κ2) is 66.1. The molecule has 3 N–H and O–H groups in total. The molecule has 0 radical (unpaired) electrons. The van der Waals surface area contributed by atoms with E-state index in [-0.39, 0.29) is 18.5 Å². The molecular weight excluding hydrogens is 935 g/mol. The average molecular weight is 1070 g/mol. The zero-order valence-corrected chi connectivity index (χ0v) is 51.8. The quantitative estimate of drug-likeness (QED) is 0.0320. The summed E-state index contributed by atoms with van der Waals surface area (Å²) in [6, 6.07) is -0.622. The monoisotopic (exact) mass is 1070 g/mol. The minimum atomic E-state index is -0.839. The van der Waals surface area contributed by atoms with Gasteiger partial charge < -0.3 is 20.3 Å². The molecule has 1 amide bonds. The van der Waals surface area contributed by atoms with Gasteiger partial charge in [-0.3, -0.25) is 9.59 Å². The topological polar surface area (TPSA) is 95.9 Å². The highest BCUT2D eigenvalue weighted by molar-refractivity contribution is 5.76. The summed E-state index contributed by atoms with van der Waals surface area (Å²) >= 11 is 0. The predicted octanol–water partition coefficient (Wildman–Crippen LogP) is 22.4. The van der Waals surface area contributed by atoms with Crippen molar-refractivity contribution in [3.8, 4) is 0 Å². The number of carbonyl (C=O) groups is 2. The summed E-state index contributed by atoms with van der Waals surface area (Å²) in [5.41, 5.74) is 0. The molecule has 76 heavy (non-hydrogen) atoms. The molecule has 0 saturated heterocycles. The Morgan fingerprint density at radius 3 is 0.895 bits per heavy atom. The lowest BCUT2D eigenvalue weighted by molar-refractivity contribution is -0.143. The van der Waals surface area contributed by atoms with E-state index in [1.807, 2.05) is 6.08 Å². The van der Waals surface area contributed by atoms with Gasteiger partial charge in [0.05, 0.1) is 25.4 Å². The third-order valence-corrected chi connectivity index (χ3v) is 16.6. The second-order valence-corrected chi connectivity index (χ2v) is 24.2. The van der Waals surface area contributed by atoms with Crippen LogP contribution in [0, 0.1) is 0 Å². The molecule has 6 heteroatoms. The Labute approximate surface area is 476 Å². The van der Waals surface area contributed by atoms with Gasteiger partial charge in [0.1, 0.15) is 0 Å². The van der Waals surface area contributed by atoms with Crippen molar-refractivity contribution in [2.75, 3.05) is 13.2 Å². The van der Waals surface area contributed by atoms with E-state index >= 15 is 0 Å². The maximum absolute atomic E-state index is 12.4. The van der Waals surface area contributed by atoms with Crippen molar-refractivity contribution in [2.24, 2.45) is 0 Å². The van der Waals surface area contributed by atoms with Crippen molar-refractivity contribution in [3.05, 3.63) is 12.2 Å². The molecule has 2 unspecified atom stereocenters. The number of rotatable bonds is 66. The summed E-state index contributed by atoms with van der Waals surface area (Å²) in [7, 11) is 0. The number of nitrogens with one attached hydrogen (secondary N) is 1. The summed E-state index contributed by atoms with van der Waals surface area (Å²) in [5.74, 6) is -0.0378. The van der Waals surface area contributed by atoms with Gasteiger partial charge in [0.25, 0.3) is 0 Å². The Hall–Kier alpha value is -1.40. The average Bonchev–Trinajstić information content (AvgIpc) is 3.42. The standard InChI is InChI=1S/C70H137NO5/c1-3-5-7-9-11-13-15-16-17-33-37-40-44-48-52-56-60-64-70(75)76-65-61-57-53-49-45-41-38-35-32-30-28-26-24-22-20-18-19-21-23-25-27-29-31-34-36-39-43-47-51-55-59-63-69(74)71-67(66-72)68(73)62-58-54-50-46-42-14-12-10-8-6-4-2/h58,62,67-68,72-73H,3-57,59-61,63-66H2,1-2H3,(H,71,74)/b62-58+. The first-order valence-electron chi connectivity index (χ1n) is 35.0. The third-order valence-electron chi connectivity index (χ3n) is 16.6. The van der Waals surface area contributed by atoms with Crippen LogP contribution in [0.5, 0.6) is 0 Å². The first kappa shape index (κ1) is 74.6. The van der Waals surface area contributed by atoms with Crippen LogP contribution in [0.1, 0.15) is 399 Å². The van der Waals surface area contributed by atoms with E-state index in [0.717, 1.165) is 38.5 Å². The van der Waals surface area contributed by atoms with Crippen LogP contribution in [0.15, 0.2) is 12.2 Å². The number of aliphatic hydroxyl groups excluding tert-OH is 2. The number of ether oxygens (including phenoxy) is 1. The van der Waals surface area contributed by atoms with Crippen LogP contribution in [0.4, 0.5) is 0 Å². The SMILES string of the molecule is CCCCCCCCCCC/C=C/C(O)C(CO)NC(=O)CCCCCCCCCCCCCCCCCCCCCCCCCCCCCCCCCOC(=O)CCCCCCCCCCCCCCCCCCC. The molecule has 0 aromatic carbocycles. The van der Waals surface area contributed by atoms with Crippen molar-refractivity contribution >= 4 is 11.9 Å². The molecule has 0 aromatic heterocycles. The molecule has 2 atom stereocenters. The number of hydrogen-bond acceptors (Lipinski definition) is 5. The Morgan fingerprint density at radius 1 is 0.355 bits per heavy atom. The number of carbonyl (C=O) groups excluding carboxylic acids is 2. The largest absolute Gasteiger partial charge is 0.466 e. The number of allylic oxidation sites excluding steroid dienone is 1. The van der Waals surface area contributed by atoms with Crippen LogP contribution in [0.3, 0.4) is 0 Å². The van der Waals surface area contributed by atoms with Gasteiger partial charge in [-0.25, -0.2) is 0 Å². The van der Waals surface area contributed by atoms with E-state index in [0.29, 0.717) is 19.4 Å². The van der Waals surface area contributed by atoms with Crippen LogP contribution in [0.2, 0.25) is 0 Å².